The van der Waals surface area contributed by atoms with Crippen molar-refractivity contribution >= 4 is 39.7 Å². The van der Waals surface area contributed by atoms with E-state index in [1.165, 1.54) is 12.1 Å². The third kappa shape index (κ3) is 4.48. The van der Waals surface area contributed by atoms with Gasteiger partial charge in [-0.2, -0.15) is 0 Å². The largest absolute Gasteiger partial charge is 0.452 e. The molecular weight excluding hydrogens is 398 g/mol. The Morgan fingerprint density at radius 3 is 2.55 bits per heavy atom. The van der Waals surface area contributed by atoms with Gasteiger partial charge in [0.25, 0.3) is 11.6 Å². The van der Waals surface area contributed by atoms with Crippen molar-refractivity contribution in [2.75, 3.05) is 29.9 Å². The maximum atomic E-state index is 12.7. The van der Waals surface area contributed by atoms with Gasteiger partial charge in [0.15, 0.2) is 6.61 Å². The SMILES string of the molecule is O=C(COC(=O)c1cc([N+](=O)[O-])ccc1N1CCCC1)Nc1cccc2ccccc12. The van der Waals surface area contributed by atoms with E-state index >= 15 is 0 Å². The first kappa shape index (κ1) is 20.3. The molecule has 1 heterocycles. The Balaban J connectivity index is 1.48. The van der Waals surface area contributed by atoms with Crippen LogP contribution in [0.25, 0.3) is 10.8 Å². The number of hydrogen-bond acceptors (Lipinski definition) is 6. The molecule has 1 aliphatic rings. The highest BCUT2D eigenvalue weighted by Crippen LogP contribution is 2.29. The lowest BCUT2D eigenvalue weighted by molar-refractivity contribution is -0.384. The molecule has 0 radical (unpaired) electrons. The summed E-state index contributed by atoms with van der Waals surface area (Å²) in [5.74, 6) is -1.25. The summed E-state index contributed by atoms with van der Waals surface area (Å²) in [4.78, 5) is 37.7. The number of carbonyl (C=O) groups excluding carboxylic acids is 2. The molecule has 1 fully saturated rings. The predicted octanol–water partition coefficient (Wildman–Crippen LogP) is 4.14. The smallest absolute Gasteiger partial charge is 0.341 e. The molecule has 1 N–H and O–H groups in total. The number of fused-ring (bicyclic) bond motifs is 1. The standard InChI is InChI=1S/C23H21N3O5/c27-22(24-20-9-5-7-16-6-1-2-8-18(16)20)15-31-23(28)19-14-17(26(29)30)10-11-21(19)25-12-3-4-13-25/h1-2,5-11,14H,3-4,12-13,15H2,(H,24,27). The van der Waals surface area contributed by atoms with Gasteiger partial charge in [-0.15, -0.1) is 0 Å². The average molecular weight is 419 g/mol. The lowest BCUT2D eigenvalue weighted by atomic mass is 10.1. The number of amides is 1. The van der Waals surface area contributed by atoms with Crippen LogP contribution >= 0.6 is 0 Å². The molecule has 0 saturated carbocycles. The normalized spacial score (nSPS) is 13.2. The van der Waals surface area contributed by atoms with Gasteiger partial charge in [0.05, 0.1) is 16.2 Å². The van der Waals surface area contributed by atoms with Crippen molar-refractivity contribution in [2.24, 2.45) is 0 Å². The molecule has 0 aromatic heterocycles. The zero-order chi connectivity index (χ0) is 21.8. The molecule has 0 bridgehead atoms. The molecule has 0 spiro atoms. The van der Waals surface area contributed by atoms with Crippen molar-refractivity contribution in [2.45, 2.75) is 12.8 Å². The highest BCUT2D eigenvalue weighted by Gasteiger charge is 2.24. The summed E-state index contributed by atoms with van der Waals surface area (Å²) >= 11 is 0. The summed E-state index contributed by atoms with van der Waals surface area (Å²) in [5.41, 5.74) is 1.10. The number of carbonyl (C=O) groups is 2. The number of nitrogens with zero attached hydrogens (tertiary/aromatic N) is 2. The second kappa shape index (κ2) is 8.83. The fourth-order valence-electron chi connectivity index (χ4n) is 3.76. The minimum atomic E-state index is -0.765. The third-order valence-electron chi connectivity index (χ3n) is 5.26. The Kier molecular flexibility index (Phi) is 5.79. The third-order valence-corrected chi connectivity index (χ3v) is 5.26. The first-order valence-corrected chi connectivity index (χ1v) is 10.0. The van der Waals surface area contributed by atoms with Crippen LogP contribution < -0.4 is 10.2 Å². The van der Waals surface area contributed by atoms with Crippen LogP contribution in [0, 0.1) is 10.1 Å². The minimum Gasteiger partial charge on any atom is -0.452 e. The van der Waals surface area contributed by atoms with Crippen molar-refractivity contribution in [1.29, 1.82) is 0 Å². The molecule has 4 rings (SSSR count). The van der Waals surface area contributed by atoms with Gasteiger partial charge in [-0.1, -0.05) is 36.4 Å². The van der Waals surface area contributed by atoms with Crippen LogP contribution in [0.4, 0.5) is 17.1 Å². The molecule has 0 atom stereocenters. The number of non-ortho nitro benzene ring substituents is 1. The Morgan fingerprint density at radius 2 is 1.77 bits per heavy atom. The summed E-state index contributed by atoms with van der Waals surface area (Å²) in [7, 11) is 0. The Labute approximate surface area is 178 Å². The van der Waals surface area contributed by atoms with E-state index in [0.29, 0.717) is 11.4 Å². The first-order valence-electron chi connectivity index (χ1n) is 10.0. The number of ether oxygens (including phenoxy) is 1. The van der Waals surface area contributed by atoms with E-state index in [1.807, 2.05) is 41.3 Å². The van der Waals surface area contributed by atoms with E-state index in [-0.39, 0.29) is 11.3 Å². The summed E-state index contributed by atoms with van der Waals surface area (Å²) < 4.78 is 5.21. The molecule has 8 heteroatoms. The molecular formula is C23H21N3O5. The second-order valence-corrected chi connectivity index (χ2v) is 7.30. The number of benzene rings is 3. The number of nitro groups is 1. The first-order chi connectivity index (χ1) is 15.0. The van der Waals surface area contributed by atoms with E-state index in [9.17, 15) is 19.7 Å². The fraction of sp³-hybridized carbons (Fsp3) is 0.217. The molecule has 1 aliphatic heterocycles. The molecule has 1 amide bonds. The molecule has 31 heavy (non-hydrogen) atoms. The number of nitro benzene ring substituents is 1. The lowest BCUT2D eigenvalue weighted by Crippen LogP contribution is -2.24. The topological polar surface area (TPSA) is 102 Å². The number of nitrogens with one attached hydrogen (secondary N) is 1. The summed E-state index contributed by atoms with van der Waals surface area (Å²) in [6.45, 7) is 1.03. The van der Waals surface area contributed by atoms with Gasteiger partial charge in [0.2, 0.25) is 0 Å². The van der Waals surface area contributed by atoms with Gasteiger partial charge in [0.1, 0.15) is 0 Å². The quantitative estimate of drug-likeness (QED) is 0.366. The Morgan fingerprint density at radius 1 is 1.03 bits per heavy atom. The second-order valence-electron chi connectivity index (χ2n) is 7.30. The molecule has 0 aliphatic carbocycles. The van der Waals surface area contributed by atoms with E-state index in [2.05, 4.69) is 5.32 Å². The zero-order valence-electron chi connectivity index (χ0n) is 16.7. The van der Waals surface area contributed by atoms with Crippen molar-refractivity contribution < 1.29 is 19.2 Å². The van der Waals surface area contributed by atoms with Crippen molar-refractivity contribution in [3.8, 4) is 0 Å². The molecule has 3 aromatic carbocycles. The van der Waals surface area contributed by atoms with Crippen LogP contribution in [0.2, 0.25) is 0 Å². The minimum absolute atomic E-state index is 0.0917. The van der Waals surface area contributed by atoms with Crippen molar-refractivity contribution in [3.05, 3.63) is 76.3 Å². The van der Waals surface area contributed by atoms with E-state index in [4.69, 9.17) is 4.74 Å². The Hall–Kier alpha value is -3.94. The van der Waals surface area contributed by atoms with Gasteiger partial charge < -0.3 is 15.0 Å². The zero-order valence-corrected chi connectivity index (χ0v) is 16.7. The highest BCUT2D eigenvalue weighted by atomic mass is 16.6. The lowest BCUT2D eigenvalue weighted by Gasteiger charge is -2.20. The number of esters is 1. The van der Waals surface area contributed by atoms with Gasteiger partial charge in [-0.05, 0) is 30.4 Å². The summed E-state index contributed by atoms with van der Waals surface area (Å²) in [6.07, 6.45) is 1.97. The summed E-state index contributed by atoms with van der Waals surface area (Å²) in [5, 5.41) is 15.8. The van der Waals surface area contributed by atoms with Crippen molar-refractivity contribution in [3.63, 3.8) is 0 Å². The fourth-order valence-corrected chi connectivity index (χ4v) is 3.76. The van der Waals surface area contributed by atoms with E-state index < -0.39 is 23.4 Å². The van der Waals surface area contributed by atoms with E-state index in [0.717, 1.165) is 36.7 Å². The molecule has 158 valence electrons. The van der Waals surface area contributed by atoms with Crippen LogP contribution in [0.1, 0.15) is 23.2 Å². The van der Waals surface area contributed by atoms with Gasteiger partial charge in [-0.25, -0.2) is 4.79 Å². The van der Waals surface area contributed by atoms with Gasteiger partial charge in [-0.3, -0.25) is 14.9 Å². The van der Waals surface area contributed by atoms with Crippen molar-refractivity contribution in [1.82, 2.24) is 0 Å². The van der Waals surface area contributed by atoms with Crippen LogP contribution in [0.15, 0.2) is 60.7 Å². The monoisotopic (exact) mass is 419 g/mol. The van der Waals surface area contributed by atoms with Crippen LogP contribution in [0.5, 0.6) is 0 Å². The van der Waals surface area contributed by atoms with Crippen LogP contribution in [0.3, 0.4) is 0 Å². The van der Waals surface area contributed by atoms with E-state index in [1.54, 1.807) is 12.1 Å². The maximum Gasteiger partial charge on any atom is 0.341 e. The number of hydrogen-bond donors (Lipinski definition) is 1. The molecule has 0 unspecified atom stereocenters. The Bertz CT molecular complexity index is 1150. The molecule has 1 saturated heterocycles. The van der Waals surface area contributed by atoms with Gasteiger partial charge in [0, 0.05) is 36.3 Å². The average Bonchev–Trinajstić information content (AvgIpc) is 3.32. The number of rotatable bonds is 6. The van der Waals surface area contributed by atoms with Gasteiger partial charge >= 0.3 is 5.97 Å². The van der Waals surface area contributed by atoms with Crippen LogP contribution in [-0.2, 0) is 9.53 Å². The number of anilines is 2. The maximum absolute atomic E-state index is 12.7. The predicted molar refractivity (Wildman–Crippen MR) is 117 cm³/mol. The van der Waals surface area contributed by atoms with Crippen LogP contribution in [-0.4, -0.2) is 36.5 Å². The highest BCUT2D eigenvalue weighted by molar-refractivity contribution is 6.04. The summed E-state index contributed by atoms with van der Waals surface area (Å²) in [6, 6.07) is 17.3. The molecule has 8 nitrogen and oxygen atoms in total. The molecule has 3 aromatic rings.